The number of carbonyl (C=O) groups is 1. The van der Waals surface area contributed by atoms with E-state index in [1.54, 1.807) is 42.6 Å². The van der Waals surface area contributed by atoms with Crippen LogP contribution in [0.15, 0.2) is 71.8 Å². The van der Waals surface area contributed by atoms with Crippen LogP contribution in [0.25, 0.3) is 0 Å². The number of hydrazone groups is 1. The summed E-state index contributed by atoms with van der Waals surface area (Å²) in [5.74, 6) is 1.09. The van der Waals surface area contributed by atoms with Gasteiger partial charge in [-0.2, -0.15) is 5.10 Å². The van der Waals surface area contributed by atoms with Crippen molar-refractivity contribution >= 4 is 35.3 Å². The molecule has 5 nitrogen and oxygen atoms in total. The van der Waals surface area contributed by atoms with E-state index in [1.165, 1.54) is 0 Å². The van der Waals surface area contributed by atoms with E-state index in [-0.39, 0.29) is 5.91 Å². The van der Waals surface area contributed by atoms with Crippen LogP contribution in [0.3, 0.4) is 0 Å². The zero-order chi connectivity index (χ0) is 22.1. The number of hydrogen-bond acceptors (Lipinski definition) is 4. The summed E-state index contributed by atoms with van der Waals surface area (Å²) in [6.45, 7) is 2.99. The predicted octanol–water partition coefficient (Wildman–Crippen LogP) is 6.13. The third kappa shape index (κ3) is 7.02. The second kappa shape index (κ2) is 11.4. The van der Waals surface area contributed by atoms with Crippen LogP contribution in [0.5, 0.6) is 11.5 Å². The molecule has 0 atom stereocenters. The van der Waals surface area contributed by atoms with Crippen LogP contribution in [0.4, 0.5) is 0 Å². The number of nitrogens with one attached hydrogen (secondary N) is 1. The van der Waals surface area contributed by atoms with Crippen molar-refractivity contribution in [1.82, 2.24) is 5.43 Å². The summed E-state index contributed by atoms with van der Waals surface area (Å²) in [4.78, 5) is 12.2. The fourth-order valence-corrected chi connectivity index (χ4v) is 3.10. The van der Waals surface area contributed by atoms with E-state index in [2.05, 4.69) is 10.5 Å². The van der Waals surface area contributed by atoms with E-state index >= 15 is 0 Å². The van der Waals surface area contributed by atoms with E-state index in [4.69, 9.17) is 32.7 Å². The highest BCUT2D eigenvalue weighted by Crippen LogP contribution is 2.23. The highest BCUT2D eigenvalue weighted by Gasteiger charge is 2.05. The zero-order valence-electron chi connectivity index (χ0n) is 17.0. The molecule has 0 saturated carbocycles. The summed E-state index contributed by atoms with van der Waals surface area (Å²) in [7, 11) is 0. The highest BCUT2D eigenvalue weighted by atomic mass is 35.5. The highest BCUT2D eigenvalue weighted by molar-refractivity contribution is 6.35. The minimum Gasteiger partial charge on any atom is -0.494 e. The van der Waals surface area contributed by atoms with Crippen LogP contribution in [-0.4, -0.2) is 18.7 Å². The number of hydrogen-bond donors (Lipinski definition) is 1. The van der Waals surface area contributed by atoms with Gasteiger partial charge in [-0.1, -0.05) is 48.3 Å². The first-order valence-corrected chi connectivity index (χ1v) is 10.5. The molecule has 1 N–H and O–H groups in total. The lowest BCUT2D eigenvalue weighted by molar-refractivity contribution is 0.0955. The molecule has 0 bridgehead atoms. The summed E-state index contributed by atoms with van der Waals surface area (Å²) in [6, 6.07) is 19.6. The number of ether oxygens (including phenoxy) is 2. The normalized spacial score (nSPS) is 10.8. The Labute approximate surface area is 191 Å². The van der Waals surface area contributed by atoms with Crippen molar-refractivity contribution in [2.45, 2.75) is 20.0 Å². The van der Waals surface area contributed by atoms with Gasteiger partial charge in [-0.3, -0.25) is 4.79 Å². The van der Waals surface area contributed by atoms with Crippen molar-refractivity contribution < 1.29 is 14.3 Å². The molecule has 3 aromatic rings. The molecule has 0 saturated heterocycles. The molecule has 0 aromatic heterocycles. The van der Waals surface area contributed by atoms with Gasteiger partial charge in [-0.15, -0.1) is 0 Å². The van der Waals surface area contributed by atoms with Gasteiger partial charge in [0.2, 0.25) is 0 Å². The summed E-state index contributed by atoms with van der Waals surface area (Å²) >= 11 is 12.1. The maximum absolute atomic E-state index is 12.2. The molecule has 0 aliphatic rings. The Kier molecular flexibility index (Phi) is 8.33. The number of rotatable bonds is 9. The number of carbonyl (C=O) groups excluding carboxylic acids is 1. The minimum absolute atomic E-state index is 0.303. The fraction of sp³-hybridized carbons (Fsp3) is 0.167. The minimum atomic E-state index is -0.303. The number of benzene rings is 3. The predicted molar refractivity (Wildman–Crippen MR) is 125 cm³/mol. The third-order valence-electron chi connectivity index (χ3n) is 4.24. The SMILES string of the molecule is CCCOc1ccc(C(=O)N/N=C/c2cccc(OCc3ccc(Cl)cc3Cl)c2)cc1. The lowest BCUT2D eigenvalue weighted by Crippen LogP contribution is -2.17. The average Bonchev–Trinajstić information content (AvgIpc) is 2.77. The van der Waals surface area contributed by atoms with Crippen molar-refractivity contribution in [3.8, 4) is 11.5 Å². The Balaban J connectivity index is 1.54. The average molecular weight is 457 g/mol. The molecule has 31 heavy (non-hydrogen) atoms. The van der Waals surface area contributed by atoms with Crippen molar-refractivity contribution in [2.75, 3.05) is 6.61 Å². The van der Waals surface area contributed by atoms with E-state index in [9.17, 15) is 4.79 Å². The summed E-state index contributed by atoms with van der Waals surface area (Å²) in [6.07, 6.45) is 2.48. The molecule has 3 rings (SSSR count). The van der Waals surface area contributed by atoms with Gasteiger partial charge in [-0.05, 0) is 60.5 Å². The van der Waals surface area contributed by atoms with Crippen LogP contribution < -0.4 is 14.9 Å². The summed E-state index contributed by atoms with van der Waals surface area (Å²) in [5, 5.41) is 5.16. The largest absolute Gasteiger partial charge is 0.494 e. The smallest absolute Gasteiger partial charge is 0.271 e. The van der Waals surface area contributed by atoms with Crippen molar-refractivity contribution in [3.05, 3.63) is 93.5 Å². The Hall–Kier alpha value is -3.02. The monoisotopic (exact) mass is 456 g/mol. The van der Waals surface area contributed by atoms with Gasteiger partial charge in [0, 0.05) is 21.2 Å². The molecule has 0 heterocycles. The Morgan fingerprint density at radius 1 is 1.00 bits per heavy atom. The summed E-state index contributed by atoms with van der Waals surface area (Å²) in [5.41, 5.74) is 4.63. The van der Waals surface area contributed by atoms with Crippen molar-refractivity contribution in [3.63, 3.8) is 0 Å². The lowest BCUT2D eigenvalue weighted by Gasteiger charge is -2.08. The molecule has 0 aliphatic carbocycles. The Morgan fingerprint density at radius 2 is 1.81 bits per heavy atom. The lowest BCUT2D eigenvalue weighted by atomic mass is 10.2. The first-order chi connectivity index (χ1) is 15.0. The standard InChI is InChI=1S/C24H22Cl2N2O3/c1-2-12-30-21-10-7-18(8-11-21)24(29)28-27-15-17-4-3-5-22(13-17)31-16-19-6-9-20(25)14-23(19)26/h3-11,13-15H,2,12,16H2,1H3,(H,28,29)/b27-15+. The van der Waals surface area contributed by atoms with E-state index < -0.39 is 0 Å². The van der Waals surface area contributed by atoms with Crippen molar-refractivity contribution in [1.29, 1.82) is 0 Å². The maximum Gasteiger partial charge on any atom is 0.271 e. The molecule has 160 valence electrons. The molecule has 0 fully saturated rings. The number of amides is 1. The first kappa shape index (κ1) is 22.7. The van der Waals surface area contributed by atoms with Crippen LogP contribution in [-0.2, 0) is 6.61 Å². The van der Waals surface area contributed by atoms with Gasteiger partial charge < -0.3 is 9.47 Å². The van der Waals surface area contributed by atoms with Gasteiger partial charge in [0.15, 0.2) is 0 Å². The Morgan fingerprint density at radius 3 is 2.55 bits per heavy atom. The van der Waals surface area contributed by atoms with Crippen LogP contribution >= 0.6 is 23.2 Å². The van der Waals surface area contributed by atoms with Crippen LogP contribution in [0.1, 0.15) is 34.8 Å². The molecule has 3 aromatic carbocycles. The molecular weight excluding hydrogens is 435 g/mol. The zero-order valence-corrected chi connectivity index (χ0v) is 18.5. The van der Waals surface area contributed by atoms with Gasteiger partial charge in [0.05, 0.1) is 12.8 Å². The van der Waals surface area contributed by atoms with Crippen LogP contribution in [0, 0.1) is 0 Å². The number of halogens is 2. The Bertz CT molecular complexity index is 1050. The molecule has 1 amide bonds. The molecule has 7 heteroatoms. The maximum atomic E-state index is 12.2. The van der Waals surface area contributed by atoms with Gasteiger partial charge >= 0.3 is 0 Å². The molecule has 0 unspecified atom stereocenters. The quantitative estimate of drug-likeness (QED) is 0.311. The van der Waals surface area contributed by atoms with E-state index in [1.807, 2.05) is 37.3 Å². The third-order valence-corrected chi connectivity index (χ3v) is 4.82. The van der Waals surface area contributed by atoms with Gasteiger partial charge in [0.1, 0.15) is 18.1 Å². The molecule has 0 radical (unpaired) electrons. The fourth-order valence-electron chi connectivity index (χ4n) is 2.64. The second-order valence-electron chi connectivity index (χ2n) is 6.67. The molecule has 0 spiro atoms. The van der Waals surface area contributed by atoms with E-state index in [0.717, 1.165) is 23.3 Å². The topological polar surface area (TPSA) is 59.9 Å². The molecule has 0 aliphatic heterocycles. The van der Waals surface area contributed by atoms with E-state index in [0.29, 0.717) is 34.6 Å². The second-order valence-corrected chi connectivity index (χ2v) is 7.51. The van der Waals surface area contributed by atoms with Gasteiger partial charge in [0.25, 0.3) is 5.91 Å². The van der Waals surface area contributed by atoms with Crippen LogP contribution in [0.2, 0.25) is 10.0 Å². The van der Waals surface area contributed by atoms with Crippen molar-refractivity contribution in [2.24, 2.45) is 5.10 Å². The summed E-state index contributed by atoms with van der Waals surface area (Å²) < 4.78 is 11.3. The van der Waals surface area contributed by atoms with Gasteiger partial charge in [-0.25, -0.2) is 5.43 Å². The number of nitrogens with zero attached hydrogens (tertiary/aromatic N) is 1. The molecular formula is C24H22Cl2N2O3. The first-order valence-electron chi connectivity index (χ1n) is 9.78.